The highest BCUT2D eigenvalue weighted by atomic mass is 14.6. The van der Waals surface area contributed by atoms with Crippen molar-refractivity contribution < 1.29 is 0 Å². The highest BCUT2D eigenvalue weighted by Gasteiger charge is 2.57. The normalized spacial score (nSPS) is 40.4. The molecule has 0 amide bonds. The maximum absolute atomic E-state index is 2.42. The lowest BCUT2D eigenvalue weighted by Crippen LogP contribution is -1.96. The summed E-state index contributed by atoms with van der Waals surface area (Å²) in [4.78, 5) is 0. The van der Waals surface area contributed by atoms with Crippen molar-refractivity contribution in [2.75, 3.05) is 0 Å². The van der Waals surface area contributed by atoms with Gasteiger partial charge in [-0.15, -0.1) is 0 Å². The molecule has 2 aliphatic carbocycles. The van der Waals surface area contributed by atoms with Gasteiger partial charge in [-0.05, 0) is 43.9 Å². The zero-order valence-corrected chi connectivity index (χ0v) is 8.07. The van der Waals surface area contributed by atoms with Gasteiger partial charge in [0.25, 0.3) is 0 Å². The molecule has 11 heavy (non-hydrogen) atoms. The van der Waals surface area contributed by atoms with Crippen molar-refractivity contribution >= 4 is 0 Å². The van der Waals surface area contributed by atoms with Crippen molar-refractivity contribution in [1.29, 1.82) is 0 Å². The molecule has 0 aliphatic heterocycles. The first kappa shape index (κ1) is 7.39. The summed E-state index contributed by atoms with van der Waals surface area (Å²) in [5, 5.41) is 0. The van der Waals surface area contributed by atoms with Crippen molar-refractivity contribution in [3.8, 4) is 0 Å². The Balaban J connectivity index is 2.18. The average Bonchev–Trinajstić information content (AvgIpc) is 2.39. The van der Waals surface area contributed by atoms with Gasteiger partial charge in [0.2, 0.25) is 0 Å². The van der Waals surface area contributed by atoms with Crippen LogP contribution in [0.3, 0.4) is 0 Å². The minimum absolute atomic E-state index is 0.666. The molecule has 0 aromatic rings. The molecule has 0 saturated heterocycles. The highest BCUT2D eigenvalue weighted by Crippen LogP contribution is 2.65. The molecule has 0 aromatic heterocycles. The lowest BCUT2D eigenvalue weighted by Gasteiger charge is -2.12. The van der Waals surface area contributed by atoms with Crippen LogP contribution in [0.1, 0.15) is 40.5 Å². The summed E-state index contributed by atoms with van der Waals surface area (Å²) in [7, 11) is 0. The largest absolute Gasteiger partial charge is 0.0741 e. The van der Waals surface area contributed by atoms with E-state index in [0.29, 0.717) is 5.41 Å². The van der Waals surface area contributed by atoms with Crippen LogP contribution >= 0.6 is 0 Å². The highest BCUT2D eigenvalue weighted by molar-refractivity contribution is 5.24. The zero-order valence-electron chi connectivity index (χ0n) is 8.07. The summed E-state index contributed by atoms with van der Waals surface area (Å²) in [6.07, 6.45) is 2.76. The maximum atomic E-state index is 2.42. The van der Waals surface area contributed by atoms with Crippen LogP contribution in [0.25, 0.3) is 0 Å². The second-order valence-corrected chi connectivity index (χ2v) is 5.00. The zero-order chi connectivity index (χ0) is 8.22. The fourth-order valence-electron chi connectivity index (χ4n) is 2.68. The molecule has 0 N–H and O–H groups in total. The summed E-state index contributed by atoms with van der Waals surface area (Å²) < 4.78 is 0. The molecule has 0 heteroatoms. The van der Waals surface area contributed by atoms with E-state index >= 15 is 0 Å². The van der Waals surface area contributed by atoms with Crippen LogP contribution in [-0.2, 0) is 0 Å². The van der Waals surface area contributed by atoms with Crippen LogP contribution in [-0.4, -0.2) is 0 Å². The number of hydrogen-bond donors (Lipinski definition) is 0. The van der Waals surface area contributed by atoms with Gasteiger partial charge in [-0.1, -0.05) is 25.0 Å². The van der Waals surface area contributed by atoms with E-state index in [2.05, 4.69) is 27.7 Å². The van der Waals surface area contributed by atoms with Gasteiger partial charge in [0.1, 0.15) is 0 Å². The first-order valence-corrected chi connectivity index (χ1v) is 4.68. The predicted octanol–water partition coefficient (Wildman–Crippen LogP) is 3.39. The first-order valence-electron chi connectivity index (χ1n) is 4.68. The Hall–Kier alpha value is -0.260. The Morgan fingerprint density at radius 2 is 1.36 bits per heavy atom. The molecule has 2 aliphatic rings. The molecule has 2 atom stereocenters. The lowest BCUT2D eigenvalue weighted by molar-refractivity contribution is 0.541. The van der Waals surface area contributed by atoms with Crippen LogP contribution in [0.15, 0.2) is 11.1 Å². The fraction of sp³-hybridized carbons (Fsp3) is 0.818. The molecule has 62 valence electrons. The van der Waals surface area contributed by atoms with E-state index in [1.165, 1.54) is 12.8 Å². The summed E-state index contributed by atoms with van der Waals surface area (Å²) >= 11 is 0. The van der Waals surface area contributed by atoms with Gasteiger partial charge in [-0.3, -0.25) is 0 Å². The molecule has 0 aromatic carbocycles. The quantitative estimate of drug-likeness (QED) is 0.464. The number of hydrogen-bond acceptors (Lipinski definition) is 0. The Bertz CT molecular complexity index is 198. The van der Waals surface area contributed by atoms with Crippen molar-refractivity contribution in [3.05, 3.63) is 11.1 Å². The SMILES string of the molecule is CC1=C(C)CC2C(C1)C2(C)C. The molecular formula is C11H18. The van der Waals surface area contributed by atoms with Gasteiger partial charge >= 0.3 is 0 Å². The first-order chi connectivity index (χ1) is 5.03. The van der Waals surface area contributed by atoms with Crippen LogP contribution < -0.4 is 0 Å². The summed E-state index contributed by atoms with van der Waals surface area (Å²) in [6.45, 7) is 9.46. The summed E-state index contributed by atoms with van der Waals surface area (Å²) in [5.74, 6) is 2.04. The van der Waals surface area contributed by atoms with E-state index in [1.807, 2.05) is 0 Å². The van der Waals surface area contributed by atoms with E-state index < -0.39 is 0 Å². The molecule has 0 radical (unpaired) electrons. The topological polar surface area (TPSA) is 0 Å². The molecule has 0 heterocycles. The average molecular weight is 150 g/mol. The molecule has 1 fully saturated rings. The van der Waals surface area contributed by atoms with E-state index in [-0.39, 0.29) is 0 Å². The van der Waals surface area contributed by atoms with Gasteiger partial charge in [0, 0.05) is 0 Å². The summed E-state index contributed by atoms with van der Waals surface area (Å²) in [5.41, 5.74) is 3.99. The number of allylic oxidation sites excluding steroid dienone is 2. The smallest absolute Gasteiger partial charge is 0.0284 e. The monoisotopic (exact) mass is 150 g/mol. The third-order valence-corrected chi connectivity index (χ3v) is 4.07. The maximum Gasteiger partial charge on any atom is -0.0284 e. The van der Waals surface area contributed by atoms with Gasteiger partial charge in [0.15, 0.2) is 0 Å². The molecular weight excluding hydrogens is 132 g/mol. The molecule has 2 unspecified atom stereocenters. The van der Waals surface area contributed by atoms with Gasteiger partial charge in [-0.25, -0.2) is 0 Å². The minimum Gasteiger partial charge on any atom is -0.0741 e. The van der Waals surface area contributed by atoms with Crippen molar-refractivity contribution in [1.82, 2.24) is 0 Å². The van der Waals surface area contributed by atoms with Crippen molar-refractivity contribution in [3.63, 3.8) is 0 Å². The molecule has 0 spiro atoms. The van der Waals surface area contributed by atoms with Crippen LogP contribution in [0, 0.1) is 17.3 Å². The standard InChI is InChI=1S/C11H18/c1-7-5-9-10(6-8(7)2)11(9,3)4/h9-10H,5-6H2,1-4H3. The Morgan fingerprint density at radius 3 is 1.73 bits per heavy atom. The van der Waals surface area contributed by atoms with E-state index in [0.717, 1.165) is 11.8 Å². The molecule has 0 bridgehead atoms. The molecule has 1 saturated carbocycles. The lowest BCUT2D eigenvalue weighted by atomic mass is 9.94. The minimum atomic E-state index is 0.666. The van der Waals surface area contributed by atoms with Crippen LogP contribution in [0.5, 0.6) is 0 Å². The molecule has 2 rings (SSSR count). The molecule has 0 nitrogen and oxygen atoms in total. The van der Waals surface area contributed by atoms with Crippen molar-refractivity contribution in [2.24, 2.45) is 17.3 Å². The summed E-state index contributed by atoms with van der Waals surface area (Å²) in [6, 6.07) is 0. The van der Waals surface area contributed by atoms with Crippen molar-refractivity contribution in [2.45, 2.75) is 40.5 Å². The van der Waals surface area contributed by atoms with E-state index in [4.69, 9.17) is 0 Å². The Morgan fingerprint density at radius 1 is 1.00 bits per heavy atom. The second-order valence-electron chi connectivity index (χ2n) is 5.00. The van der Waals surface area contributed by atoms with Gasteiger partial charge in [-0.2, -0.15) is 0 Å². The number of fused-ring (bicyclic) bond motifs is 1. The van der Waals surface area contributed by atoms with E-state index in [9.17, 15) is 0 Å². The van der Waals surface area contributed by atoms with Crippen LogP contribution in [0.2, 0.25) is 0 Å². The predicted molar refractivity (Wildman–Crippen MR) is 48.4 cm³/mol. The third-order valence-electron chi connectivity index (χ3n) is 4.07. The van der Waals surface area contributed by atoms with Gasteiger partial charge in [0.05, 0.1) is 0 Å². The fourth-order valence-corrected chi connectivity index (χ4v) is 2.68. The van der Waals surface area contributed by atoms with Gasteiger partial charge < -0.3 is 0 Å². The Labute approximate surface area is 69.7 Å². The third kappa shape index (κ3) is 0.881. The Kier molecular flexibility index (Phi) is 1.28. The van der Waals surface area contributed by atoms with Crippen LogP contribution in [0.4, 0.5) is 0 Å². The van der Waals surface area contributed by atoms with E-state index in [1.54, 1.807) is 11.1 Å². The second kappa shape index (κ2) is 1.91. The number of rotatable bonds is 0.